The zero-order chi connectivity index (χ0) is 22.0. The average Bonchev–Trinajstić information content (AvgIpc) is 3.04. The molecule has 0 aromatic heterocycles. The molecule has 0 radical (unpaired) electrons. The monoisotopic (exact) mass is 424 g/mol. The fraction of sp³-hybridized carbons (Fsp3) is 0.348. The van der Waals surface area contributed by atoms with Crippen LogP contribution in [0.5, 0.6) is 17.2 Å². The van der Waals surface area contributed by atoms with Crippen LogP contribution in [0.25, 0.3) is 0 Å². The Morgan fingerprint density at radius 2 is 1.65 bits per heavy atom. The Labute approximate surface area is 180 Å². The summed E-state index contributed by atoms with van der Waals surface area (Å²) in [6, 6.07) is 11.5. The standard InChI is InChI=1S/C23H24N2O6/c1-24-11-8-20(22(24)27)31-19-13-16(23(28)29-2)12-18(14-19)30-17-6-4-15(5-7-17)21(26)25-9-3-10-25/h4-7,12-14,20H,3,8-11H2,1-2H3. The molecule has 0 N–H and O–H groups in total. The summed E-state index contributed by atoms with van der Waals surface area (Å²) in [5.41, 5.74) is 0.849. The fourth-order valence-electron chi connectivity index (χ4n) is 3.50. The van der Waals surface area contributed by atoms with Gasteiger partial charge in [-0.25, -0.2) is 4.79 Å². The van der Waals surface area contributed by atoms with E-state index in [9.17, 15) is 14.4 Å². The number of carbonyl (C=O) groups excluding carboxylic acids is 3. The van der Waals surface area contributed by atoms with Crippen LogP contribution in [0, 0.1) is 0 Å². The second-order valence-corrected chi connectivity index (χ2v) is 7.61. The number of likely N-dealkylation sites (tertiary alicyclic amines) is 2. The van der Waals surface area contributed by atoms with E-state index < -0.39 is 12.1 Å². The number of esters is 1. The summed E-state index contributed by atoms with van der Waals surface area (Å²) < 4.78 is 16.6. The third-order valence-electron chi connectivity index (χ3n) is 5.44. The molecular weight excluding hydrogens is 400 g/mol. The van der Waals surface area contributed by atoms with E-state index in [1.54, 1.807) is 53.2 Å². The van der Waals surface area contributed by atoms with Gasteiger partial charge in [0.25, 0.3) is 11.8 Å². The number of benzene rings is 2. The number of hydrogen-bond acceptors (Lipinski definition) is 6. The van der Waals surface area contributed by atoms with Crippen molar-refractivity contribution >= 4 is 17.8 Å². The van der Waals surface area contributed by atoms with E-state index in [4.69, 9.17) is 14.2 Å². The molecule has 8 heteroatoms. The zero-order valence-corrected chi connectivity index (χ0v) is 17.5. The molecule has 4 rings (SSSR count). The van der Waals surface area contributed by atoms with Crippen LogP contribution in [0.2, 0.25) is 0 Å². The van der Waals surface area contributed by atoms with Crippen molar-refractivity contribution in [2.45, 2.75) is 18.9 Å². The summed E-state index contributed by atoms with van der Waals surface area (Å²) in [6.07, 6.45) is 1.01. The Kier molecular flexibility index (Phi) is 5.79. The van der Waals surface area contributed by atoms with Crippen molar-refractivity contribution in [2.24, 2.45) is 0 Å². The minimum absolute atomic E-state index is 0.00683. The number of nitrogens with zero attached hydrogens (tertiary/aromatic N) is 2. The average molecular weight is 424 g/mol. The first-order chi connectivity index (χ1) is 14.9. The molecule has 2 saturated heterocycles. The number of carbonyl (C=O) groups is 3. The summed E-state index contributed by atoms with van der Waals surface area (Å²) in [5.74, 6) is 0.570. The SMILES string of the molecule is COC(=O)c1cc(Oc2ccc(C(=O)N3CCC3)cc2)cc(OC2CCN(C)C2=O)c1. The highest BCUT2D eigenvalue weighted by atomic mass is 16.5. The highest BCUT2D eigenvalue weighted by molar-refractivity contribution is 5.94. The van der Waals surface area contributed by atoms with E-state index in [1.165, 1.54) is 13.2 Å². The fourth-order valence-corrected chi connectivity index (χ4v) is 3.50. The largest absolute Gasteiger partial charge is 0.480 e. The van der Waals surface area contributed by atoms with Crippen LogP contribution < -0.4 is 9.47 Å². The van der Waals surface area contributed by atoms with Gasteiger partial charge in [0.05, 0.1) is 12.7 Å². The first kappa shape index (κ1) is 20.7. The second-order valence-electron chi connectivity index (χ2n) is 7.61. The molecule has 2 aromatic carbocycles. The summed E-state index contributed by atoms with van der Waals surface area (Å²) in [5, 5.41) is 0. The maximum atomic E-state index is 12.3. The Bertz CT molecular complexity index is 1000. The normalized spacial score (nSPS) is 17.9. The molecule has 0 saturated carbocycles. The minimum atomic E-state index is -0.599. The van der Waals surface area contributed by atoms with E-state index in [-0.39, 0.29) is 17.4 Å². The number of amides is 2. The molecule has 162 valence electrons. The van der Waals surface area contributed by atoms with E-state index in [0.29, 0.717) is 35.8 Å². The summed E-state index contributed by atoms with van der Waals surface area (Å²) in [7, 11) is 3.02. The lowest BCUT2D eigenvalue weighted by Gasteiger charge is -2.30. The predicted molar refractivity (Wildman–Crippen MR) is 111 cm³/mol. The van der Waals surface area contributed by atoms with Crippen LogP contribution in [-0.2, 0) is 9.53 Å². The predicted octanol–water partition coefficient (Wildman–Crippen LogP) is 2.72. The quantitative estimate of drug-likeness (QED) is 0.663. The van der Waals surface area contributed by atoms with Crippen LogP contribution in [-0.4, -0.2) is 67.5 Å². The molecule has 8 nitrogen and oxygen atoms in total. The molecule has 0 bridgehead atoms. The highest BCUT2D eigenvalue weighted by Gasteiger charge is 2.31. The van der Waals surface area contributed by atoms with Gasteiger partial charge in [0, 0.05) is 44.7 Å². The highest BCUT2D eigenvalue weighted by Crippen LogP contribution is 2.30. The maximum Gasteiger partial charge on any atom is 0.338 e. The van der Waals surface area contributed by atoms with E-state index >= 15 is 0 Å². The van der Waals surface area contributed by atoms with Crippen molar-refractivity contribution in [1.82, 2.24) is 9.80 Å². The van der Waals surface area contributed by atoms with Gasteiger partial charge in [-0.3, -0.25) is 9.59 Å². The van der Waals surface area contributed by atoms with E-state index in [1.807, 2.05) is 0 Å². The molecule has 2 amide bonds. The van der Waals surface area contributed by atoms with Crippen molar-refractivity contribution in [3.63, 3.8) is 0 Å². The molecule has 2 aliphatic heterocycles. The number of ether oxygens (including phenoxy) is 3. The van der Waals surface area contributed by atoms with Gasteiger partial charge >= 0.3 is 5.97 Å². The zero-order valence-electron chi connectivity index (χ0n) is 17.5. The number of likely N-dealkylation sites (N-methyl/N-ethyl adjacent to an activating group) is 1. The van der Waals surface area contributed by atoms with Crippen LogP contribution in [0.15, 0.2) is 42.5 Å². The van der Waals surface area contributed by atoms with Crippen LogP contribution >= 0.6 is 0 Å². The van der Waals surface area contributed by atoms with Gasteiger partial charge in [-0.1, -0.05) is 0 Å². The topological polar surface area (TPSA) is 85.4 Å². The molecule has 0 spiro atoms. The van der Waals surface area contributed by atoms with Crippen molar-refractivity contribution in [2.75, 3.05) is 33.8 Å². The number of rotatable bonds is 6. The molecule has 1 unspecified atom stereocenters. The van der Waals surface area contributed by atoms with Gasteiger partial charge in [-0.05, 0) is 42.8 Å². The van der Waals surface area contributed by atoms with Crippen LogP contribution in [0.3, 0.4) is 0 Å². The Morgan fingerprint density at radius 3 is 2.23 bits per heavy atom. The van der Waals surface area contributed by atoms with Crippen LogP contribution in [0.4, 0.5) is 0 Å². The first-order valence-corrected chi connectivity index (χ1v) is 10.2. The summed E-state index contributed by atoms with van der Waals surface area (Å²) in [6.45, 7) is 2.20. The Hall–Kier alpha value is -3.55. The molecule has 0 aliphatic carbocycles. The van der Waals surface area contributed by atoms with Crippen molar-refractivity contribution in [1.29, 1.82) is 0 Å². The van der Waals surface area contributed by atoms with E-state index in [0.717, 1.165) is 19.5 Å². The molecule has 2 heterocycles. The van der Waals surface area contributed by atoms with Crippen molar-refractivity contribution < 1.29 is 28.6 Å². The minimum Gasteiger partial charge on any atom is -0.480 e. The van der Waals surface area contributed by atoms with E-state index in [2.05, 4.69) is 0 Å². The van der Waals surface area contributed by atoms with Crippen LogP contribution in [0.1, 0.15) is 33.6 Å². The number of hydrogen-bond donors (Lipinski definition) is 0. The third-order valence-corrected chi connectivity index (χ3v) is 5.44. The van der Waals surface area contributed by atoms with Gasteiger partial charge in [0.2, 0.25) is 0 Å². The summed E-state index contributed by atoms with van der Waals surface area (Å²) >= 11 is 0. The Balaban J connectivity index is 1.53. The molecule has 31 heavy (non-hydrogen) atoms. The molecule has 1 atom stereocenters. The molecular formula is C23H24N2O6. The molecule has 2 aliphatic rings. The second kappa shape index (κ2) is 8.67. The lowest BCUT2D eigenvalue weighted by molar-refractivity contribution is -0.132. The van der Waals surface area contributed by atoms with Gasteiger partial charge in [0.15, 0.2) is 6.10 Å². The van der Waals surface area contributed by atoms with Gasteiger partial charge in [0.1, 0.15) is 17.2 Å². The smallest absolute Gasteiger partial charge is 0.338 e. The van der Waals surface area contributed by atoms with Crippen molar-refractivity contribution in [3.8, 4) is 17.2 Å². The maximum absolute atomic E-state index is 12.3. The first-order valence-electron chi connectivity index (χ1n) is 10.2. The van der Waals surface area contributed by atoms with Gasteiger partial charge < -0.3 is 24.0 Å². The lowest BCUT2D eigenvalue weighted by Crippen LogP contribution is -2.41. The summed E-state index contributed by atoms with van der Waals surface area (Å²) in [4.78, 5) is 40.0. The number of methoxy groups -OCH3 is 1. The van der Waals surface area contributed by atoms with Gasteiger partial charge in [-0.2, -0.15) is 0 Å². The van der Waals surface area contributed by atoms with Gasteiger partial charge in [-0.15, -0.1) is 0 Å². The molecule has 2 fully saturated rings. The Morgan fingerprint density at radius 1 is 0.935 bits per heavy atom. The lowest BCUT2D eigenvalue weighted by atomic mass is 10.1. The van der Waals surface area contributed by atoms with Crippen molar-refractivity contribution in [3.05, 3.63) is 53.6 Å². The third kappa shape index (κ3) is 4.47. The molecule has 2 aromatic rings.